The summed E-state index contributed by atoms with van der Waals surface area (Å²) in [5, 5.41) is 0. The highest BCUT2D eigenvalue weighted by atomic mass is 16.5. The molecule has 0 radical (unpaired) electrons. The summed E-state index contributed by atoms with van der Waals surface area (Å²) in [6, 6.07) is 13.1. The van der Waals surface area contributed by atoms with Crippen LogP contribution < -0.4 is 9.47 Å². The van der Waals surface area contributed by atoms with Crippen LogP contribution in [0.5, 0.6) is 11.5 Å². The predicted octanol–water partition coefficient (Wildman–Crippen LogP) is 3.66. The van der Waals surface area contributed by atoms with E-state index >= 15 is 0 Å². The first-order valence-corrected chi connectivity index (χ1v) is 7.10. The molecule has 0 bridgehead atoms. The van der Waals surface area contributed by atoms with Crippen molar-refractivity contribution in [1.82, 2.24) is 0 Å². The van der Waals surface area contributed by atoms with Crippen molar-refractivity contribution in [2.45, 2.75) is 6.92 Å². The Morgan fingerprint density at radius 2 is 1.64 bits per heavy atom. The highest BCUT2D eigenvalue weighted by Gasteiger charge is 2.32. The van der Waals surface area contributed by atoms with Crippen LogP contribution >= 0.6 is 0 Å². The van der Waals surface area contributed by atoms with Gasteiger partial charge in [0.2, 0.25) is 0 Å². The number of benzene rings is 2. The summed E-state index contributed by atoms with van der Waals surface area (Å²) in [5.41, 5.74) is 2.77. The largest absolute Gasteiger partial charge is 0.496 e. The van der Waals surface area contributed by atoms with Crippen LogP contribution in [0.15, 0.2) is 47.5 Å². The third-order valence-electron chi connectivity index (χ3n) is 3.90. The van der Waals surface area contributed by atoms with Gasteiger partial charge in [-0.1, -0.05) is 18.2 Å². The molecule has 2 aromatic rings. The molecule has 0 aromatic heterocycles. The van der Waals surface area contributed by atoms with Crippen LogP contribution in [0.2, 0.25) is 0 Å². The van der Waals surface area contributed by atoms with E-state index < -0.39 is 0 Å². The summed E-state index contributed by atoms with van der Waals surface area (Å²) in [5.74, 6) is 0.952. The van der Waals surface area contributed by atoms with Crippen LogP contribution in [0.25, 0.3) is 0 Å². The molecule has 1 atom stereocenters. The van der Waals surface area contributed by atoms with Crippen LogP contribution in [0.1, 0.15) is 22.8 Å². The predicted molar refractivity (Wildman–Crippen MR) is 85.7 cm³/mol. The average Bonchev–Trinajstić information content (AvgIpc) is 2.57. The third-order valence-corrected chi connectivity index (χ3v) is 3.90. The molecular weight excluding hydrogens is 278 g/mol. The highest BCUT2D eigenvalue weighted by Crippen LogP contribution is 2.37. The first-order valence-electron chi connectivity index (χ1n) is 7.10. The van der Waals surface area contributed by atoms with Crippen molar-refractivity contribution in [3.8, 4) is 11.5 Å². The molecule has 1 aliphatic heterocycles. The molecule has 0 fully saturated rings. The Kier molecular flexibility index (Phi) is 3.67. The number of ketones is 1. The molecule has 0 spiro atoms. The number of carbonyl (C=O) groups is 1. The lowest BCUT2D eigenvalue weighted by atomic mass is 9.86. The van der Waals surface area contributed by atoms with Crippen LogP contribution in [0, 0.1) is 5.92 Å². The number of rotatable bonds is 3. The lowest BCUT2D eigenvalue weighted by Gasteiger charge is -2.23. The number of aliphatic imine (C=N–C) groups is 1. The van der Waals surface area contributed by atoms with Gasteiger partial charge in [-0.05, 0) is 31.2 Å². The van der Waals surface area contributed by atoms with Gasteiger partial charge in [0.15, 0.2) is 5.78 Å². The van der Waals surface area contributed by atoms with E-state index in [4.69, 9.17) is 14.5 Å². The Hall–Kier alpha value is -2.62. The minimum absolute atomic E-state index is 0.0170. The molecule has 1 unspecified atom stereocenters. The molecule has 0 saturated heterocycles. The molecule has 1 aliphatic rings. The number of hydrogen-bond donors (Lipinski definition) is 0. The van der Waals surface area contributed by atoms with E-state index in [2.05, 4.69) is 0 Å². The summed E-state index contributed by atoms with van der Waals surface area (Å²) in [6.07, 6.45) is 0. The lowest BCUT2D eigenvalue weighted by molar-refractivity contribution is 0.0957. The fourth-order valence-corrected chi connectivity index (χ4v) is 2.75. The Bertz CT molecular complexity index is 765. The van der Waals surface area contributed by atoms with Crippen molar-refractivity contribution >= 4 is 17.2 Å². The van der Waals surface area contributed by atoms with Crippen LogP contribution in [-0.4, -0.2) is 25.7 Å². The summed E-state index contributed by atoms with van der Waals surface area (Å²) in [7, 11) is 3.18. The topological polar surface area (TPSA) is 47.9 Å². The van der Waals surface area contributed by atoms with Crippen LogP contribution in [-0.2, 0) is 0 Å². The van der Waals surface area contributed by atoms with E-state index in [0.717, 1.165) is 11.3 Å². The summed E-state index contributed by atoms with van der Waals surface area (Å²) in [6.45, 7) is 1.86. The van der Waals surface area contributed by atoms with Gasteiger partial charge in [-0.25, -0.2) is 0 Å². The third kappa shape index (κ3) is 2.17. The zero-order valence-electron chi connectivity index (χ0n) is 12.8. The number of hydrogen-bond acceptors (Lipinski definition) is 4. The highest BCUT2D eigenvalue weighted by molar-refractivity contribution is 6.24. The Morgan fingerprint density at radius 1 is 0.955 bits per heavy atom. The van der Waals surface area contributed by atoms with Crippen molar-refractivity contribution in [3.05, 3.63) is 53.6 Å². The number of fused-ring (bicyclic) bond motifs is 1. The van der Waals surface area contributed by atoms with Crippen molar-refractivity contribution in [3.63, 3.8) is 0 Å². The van der Waals surface area contributed by atoms with Gasteiger partial charge in [-0.15, -0.1) is 0 Å². The van der Waals surface area contributed by atoms with E-state index in [-0.39, 0.29) is 11.7 Å². The molecule has 22 heavy (non-hydrogen) atoms. The van der Waals surface area contributed by atoms with E-state index in [1.807, 2.05) is 43.3 Å². The van der Waals surface area contributed by atoms with Crippen LogP contribution in [0.4, 0.5) is 5.69 Å². The minimum Gasteiger partial charge on any atom is -0.496 e. The molecule has 2 aromatic carbocycles. The summed E-state index contributed by atoms with van der Waals surface area (Å²) < 4.78 is 10.7. The van der Waals surface area contributed by atoms with Crippen molar-refractivity contribution < 1.29 is 14.3 Å². The normalized spacial score (nSPS) is 16.8. The van der Waals surface area contributed by atoms with Gasteiger partial charge in [-0.3, -0.25) is 9.79 Å². The zero-order valence-corrected chi connectivity index (χ0v) is 12.8. The average molecular weight is 295 g/mol. The molecule has 4 heteroatoms. The molecule has 0 amide bonds. The lowest BCUT2D eigenvalue weighted by Crippen LogP contribution is -2.26. The summed E-state index contributed by atoms with van der Waals surface area (Å²) in [4.78, 5) is 17.5. The van der Waals surface area contributed by atoms with Gasteiger partial charge in [0.05, 0.1) is 37.1 Å². The van der Waals surface area contributed by atoms with Gasteiger partial charge in [-0.2, -0.15) is 0 Å². The van der Waals surface area contributed by atoms with E-state index in [1.165, 1.54) is 0 Å². The second-order valence-corrected chi connectivity index (χ2v) is 5.14. The van der Waals surface area contributed by atoms with E-state index in [0.29, 0.717) is 22.7 Å². The number of carbonyl (C=O) groups excluding carboxylic acids is 1. The smallest absolute Gasteiger partial charge is 0.177 e. The van der Waals surface area contributed by atoms with Gasteiger partial charge in [0.25, 0.3) is 0 Å². The monoisotopic (exact) mass is 295 g/mol. The van der Waals surface area contributed by atoms with Crippen molar-refractivity contribution in [1.29, 1.82) is 0 Å². The van der Waals surface area contributed by atoms with E-state index in [1.54, 1.807) is 20.3 Å². The molecule has 0 N–H and O–H groups in total. The SMILES string of the molecule is COc1ccccc1C1=Nc2cccc(OC)c2C(=O)C1C. The van der Waals surface area contributed by atoms with Crippen molar-refractivity contribution in [2.75, 3.05) is 14.2 Å². The molecule has 0 aliphatic carbocycles. The quantitative estimate of drug-likeness (QED) is 0.868. The van der Waals surface area contributed by atoms with E-state index in [9.17, 15) is 4.79 Å². The number of Topliss-reactive ketones (excluding diaryl/α,β-unsaturated/α-hetero) is 1. The Balaban J connectivity index is 2.21. The fraction of sp³-hybridized carbons (Fsp3) is 0.222. The molecule has 3 rings (SSSR count). The van der Waals surface area contributed by atoms with Crippen molar-refractivity contribution in [2.24, 2.45) is 10.9 Å². The first kappa shape index (κ1) is 14.3. The standard InChI is InChI=1S/C18H17NO3/c1-11-17(12-7-4-5-9-14(12)21-2)19-13-8-6-10-15(22-3)16(13)18(11)20/h4-11H,1-3H3. The number of methoxy groups -OCH3 is 2. The maximum absolute atomic E-state index is 12.8. The number of ether oxygens (including phenoxy) is 2. The first-order chi connectivity index (χ1) is 10.7. The van der Waals surface area contributed by atoms with Gasteiger partial charge in [0.1, 0.15) is 11.5 Å². The molecule has 1 heterocycles. The minimum atomic E-state index is -0.347. The Labute approximate surface area is 129 Å². The number of para-hydroxylation sites is 1. The van der Waals surface area contributed by atoms with Gasteiger partial charge in [0, 0.05) is 5.56 Å². The Morgan fingerprint density at radius 3 is 2.36 bits per heavy atom. The molecule has 112 valence electrons. The maximum atomic E-state index is 12.8. The summed E-state index contributed by atoms with van der Waals surface area (Å²) >= 11 is 0. The van der Waals surface area contributed by atoms with Gasteiger partial charge >= 0.3 is 0 Å². The van der Waals surface area contributed by atoms with Gasteiger partial charge < -0.3 is 9.47 Å². The zero-order chi connectivity index (χ0) is 15.7. The fourth-order valence-electron chi connectivity index (χ4n) is 2.75. The molecule has 0 saturated carbocycles. The van der Waals surface area contributed by atoms with Crippen LogP contribution in [0.3, 0.4) is 0 Å². The second-order valence-electron chi connectivity index (χ2n) is 5.14. The number of nitrogens with zero attached hydrogens (tertiary/aromatic N) is 1. The molecule has 4 nitrogen and oxygen atoms in total. The second kappa shape index (κ2) is 5.64. The maximum Gasteiger partial charge on any atom is 0.177 e. The molecular formula is C18H17NO3.